The molecule has 25 heavy (non-hydrogen) atoms. The number of carbonyl (C=O) groups is 1. The molecule has 1 aromatic carbocycles. The van der Waals surface area contributed by atoms with Crippen LogP contribution < -0.4 is 20.7 Å². The van der Waals surface area contributed by atoms with Crippen molar-refractivity contribution in [2.45, 2.75) is 42.6 Å². The monoisotopic (exact) mass is 425 g/mol. The van der Waals surface area contributed by atoms with Gasteiger partial charge in [-0.1, -0.05) is 66.7 Å². The van der Waals surface area contributed by atoms with E-state index in [-0.39, 0.29) is 11.0 Å². The highest BCUT2D eigenvalue weighted by atomic mass is 35.6. The first-order valence-electron chi connectivity index (χ1n) is 7.84. The first-order valence-corrected chi connectivity index (χ1v) is 9.38. The lowest BCUT2D eigenvalue weighted by Gasteiger charge is -2.28. The number of carbonyl (C=O) groups excluding carboxylic acids is 1. The van der Waals surface area contributed by atoms with Crippen LogP contribution in [0.4, 0.5) is 5.69 Å². The maximum atomic E-state index is 12.0. The number of unbranched alkanes of at least 4 members (excludes halogenated alkanes) is 2. The molecule has 0 saturated carbocycles. The Kier molecular flexibility index (Phi) is 9.64. The van der Waals surface area contributed by atoms with E-state index in [0.29, 0.717) is 17.9 Å². The summed E-state index contributed by atoms with van der Waals surface area (Å²) in [5, 5.41) is 8.62. The van der Waals surface area contributed by atoms with E-state index >= 15 is 0 Å². The maximum absolute atomic E-state index is 12.0. The van der Waals surface area contributed by atoms with Gasteiger partial charge in [0.15, 0.2) is 5.11 Å². The molecule has 0 saturated heterocycles. The Bertz CT molecular complexity index is 582. The Labute approximate surface area is 168 Å². The molecule has 0 aliphatic rings. The van der Waals surface area contributed by atoms with Crippen LogP contribution in [0.3, 0.4) is 0 Å². The van der Waals surface area contributed by atoms with Crippen LogP contribution in [0, 0.1) is 0 Å². The predicted molar refractivity (Wildman–Crippen MR) is 109 cm³/mol. The predicted octanol–water partition coefficient (Wildman–Crippen LogP) is 4.37. The van der Waals surface area contributed by atoms with Crippen molar-refractivity contribution in [3.8, 4) is 5.75 Å². The van der Waals surface area contributed by atoms with Gasteiger partial charge in [-0.2, -0.15) is 0 Å². The zero-order valence-corrected chi connectivity index (χ0v) is 17.2. The van der Waals surface area contributed by atoms with Gasteiger partial charge in [0.25, 0.3) is 0 Å². The van der Waals surface area contributed by atoms with Crippen LogP contribution in [0.15, 0.2) is 24.3 Å². The molecule has 0 heterocycles. The normalized spacial score (nSPS) is 12.2. The molecule has 0 aliphatic heterocycles. The van der Waals surface area contributed by atoms with Crippen LogP contribution >= 0.6 is 47.0 Å². The molecule has 9 heteroatoms. The third-order valence-corrected chi connectivity index (χ3v) is 4.15. The number of methoxy groups -OCH3 is 1. The quantitative estimate of drug-likeness (QED) is 0.249. The zero-order chi connectivity index (χ0) is 18.9. The summed E-state index contributed by atoms with van der Waals surface area (Å²) in [6, 6.07) is 7.24. The minimum atomic E-state index is -1.77. The third-order valence-electron chi connectivity index (χ3n) is 3.27. The molecule has 5 nitrogen and oxygen atoms in total. The van der Waals surface area contributed by atoms with Crippen molar-refractivity contribution in [1.82, 2.24) is 10.6 Å². The van der Waals surface area contributed by atoms with Gasteiger partial charge in [0, 0.05) is 6.42 Å². The summed E-state index contributed by atoms with van der Waals surface area (Å²) in [6.45, 7) is 2.06. The number of benzene rings is 1. The first-order chi connectivity index (χ1) is 11.8. The molecule has 1 unspecified atom stereocenters. The van der Waals surface area contributed by atoms with Crippen molar-refractivity contribution in [3.05, 3.63) is 24.3 Å². The number of nitrogens with one attached hydrogen (secondary N) is 3. The standard InChI is InChI=1S/C16H22Cl3N3O2S/c1-3-4-5-10-13(23)21-14(16(17,18)19)22-15(25)20-11-8-6-7-9-12(11)24-2/h6-9,14H,3-5,10H2,1-2H3,(H,21,23)(H2,20,22,25). The second kappa shape index (κ2) is 10.9. The molecule has 0 bridgehead atoms. The van der Waals surface area contributed by atoms with E-state index in [1.807, 2.05) is 12.1 Å². The minimum absolute atomic E-state index is 0.190. The summed E-state index contributed by atoms with van der Waals surface area (Å²) >= 11 is 23.1. The van der Waals surface area contributed by atoms with Gasteiger partial charge in [-0.05, 0) is 30.8 Å². The van der Waals surface area contributed by atoms with Gasteiger partial charge in [-0.25, -0.2) is 0 Å². The van der Waals surface area contributed by atoms with Crippen molar-refractivity contribution in [3.63, 3.8) is 0 Å². The van der Waals surface area contributed by atoms with Crippen molar-refractivity contribution in [2.24, 2.45) is 0 Å². The molecule has 1 atom stereocenters. The highest BCUT2D eigenvalue weighted by Gasteiger charge is 2.34. The highest BCUT2D eigenvalue weighted by Crippen LogP contribution is 2.29. The number of para-hydroxylation sites is 2. The lowest BCUT2D eigenvalue weighted by Crippen LogP contribution is -2.56. The molecule has 0 fully saturated rings. The molecule has 0 aromatic heterocycles. The number of anilines is 1. The van der Waals surface area contributed by atoms with Crippen LogP contribution in [0.25, 0.3) is 0 Å². The number of halogens is 3. The van der Waals surface area contributed by atoms with Crippen LogP contribution in [-0.2, 0) is 4.79 Å². The fourth-order valence-electron chi connectivity index (χ4n) is 2.01. The molecule has 0 radical (unpaired) electrons. The molecule has 1 amide bonds. The fraction of sp³-hybridized carbons (Fsp3) is 0.500. The van der Waals surface area contributed by atoms with Gasteiger partial charge in [-0.15, -0.1) is 0 Å². The van der Waals surface area contributed by atoms with E-state index in [9.17, 15) is 4.79 Å². The van der Waals surface area contributed by atoms with E-state index in [1.54, 1.807) is 19.2 Å². The number of thiocarbonyl (C=S) groups is 1. The van der Waals surface area contributed by atoms with E-state index < -0.39 is 9.96 Å². The zero-order valence-electron chi connectivity index (χ0n) is 14.1. The van der Waals surface area contributed by atoms with Gasteiger partial charge < -0.3 is 20.7 Å². The Hall–Kier alpha value is -0.950. The Balaban J connectivity index is 2.68. The molecule has 140 valence electrons. The van der Waals surface area contributed by atoms with E-state index in [4.69, 9.17) is 51.8 Å². The van der Waals surface area contributed by atoms with Gasteiger partial charge in [0.1, 0.15) is 11.9 Å². The van der Waals surface area contributed by atoms with Crippen molar-refractivity contribution < 1.29 is 9.53 Å². The lowest BCUT2D eigenvalue weighted by atomic mass is 10.2. The summed E-state index contributed by atoms with van der Waals surface area (Å²) in [5.74, 6) is 0.401. The van der Waals surface area contributed by atoms with Crippen LogP contribution in [-0.4, -0.2) is 28.1 Å². The molecular formula is C16H22Cl3N3O2S. The molecule has 3 N–H and O–H groups in total. The average molecular weight is 427 g/mol. The van der Waals surface area contributed by atoms with E-state index in [2.05, 4.69) is 22.9 Å². The SMILES string of the molecule is CCCCCC(=O)NC(NC(=S)Nc1ccccc1OC)C(Cl)(Cl)Cl. The van der Waals surface area contributed by atoms with Crippen molar-refractivity contribution in [2.75, 3.05) is 12.4 Å². The molecule has 1 rings (SSSR count). The smallest absolute Gasteiger partial charge is 0.228 e. The summed E-state index contributed by atoms with van der Waals surface area (Å²) in [4.78, 5) is 12.0. The van der Waals surface area contributed by atoms with E-state index in [1.165, 1.54) is 0 Å². The number of hydrogen-bond acceptors (Lipinski definition) is 3. The molecular weight excluding hydrogens is 405 g/mol. The number of hydrogen-bond donors (Lipinski definition) is 3. The van der Waals surface area contributed by atoms with Crippen LogP contribution in [0.2, 0.25) is 0 Å². The second-order valence-corrected chi connectivity index (χ2v) is 8.08. The maximum Gasteiger partial charge on any atom is 0.228 e. The number of ether oxygens (including phenoxy) is 1. The van der Waals surface area contributed by atoms with Gasteiger partial charge in [-0.3, -0.25) is 4.79 Å². The average Bonchev–Trinajstić information content (AvgIpc) is 2.54. The van der Waals surface area contributed by atoms with Gasteiger partial charge >= 0.3 is 0 Å². The number of alkyl halides is 3. The topological polar surface area (TPSA) is 62.4 Å². The van der Waals surface area contributed by atoms with Gasteiger partial charge in [0.2, 0.25) is 9.70 Å². The van der Waals surface area contributed by atoms with Crippen molar-refractivity contribution >= 4 is 63.7 Å². The molecule has 0 spiro atoms. The summed E-state index contributed by atoms with van der Waals surface area (Å²) in [6.07, 6.45) is 2.15. The largest absolute Gasteiger partial charge is 0.495 e. The Morgan fingerprint density at radius 2 is 1.92 bits per heavy atom. The molecule has 0 aliphatic carbocycles. The van der Waals surface area contributed by atoms with Crippen LogP contribution in [0.1, 0.15) is 32.6 Å². The van der Waals surface area contributed by atoms with Crippen molar-refractivity contribution in [1.29, 1.82) is 0 Å². The fourth-order valence-corrected chi connectivity index (χ4v) is 2.56. The minimum Gasteiger partial charge on any atom is -0.495 e. The van der Waals surface area contributed by atoms with E-state index in [0.717, 1.165) is 19.3 Å². The Morgan fingerprint density at radius 1 is 1.24 bits per heavy atom. The highest BCUT2D eigenvalue weighted by molar-refractivity contribution is 7.80. The first kappa shape index (κ1) is 22.1. The van der Waals surface area contributed by atoms with Gasteiger partial charge in [0.05, 0.1) is 12.8 Å². The Morgan fingerprint density at radius 3 is 2.52 bits per heavy atom. The van der Waals surface area contributed by atoms with Crippen LogP contribution in [0.5, 0.6) is 5.75 Å². The molecule has 1 aromatic rings. The summed E-state index contributed by atoms with van der Waals surface area (Å²) in [5.41, 5.74) is 0.653. The summed E-state index contributed by atoms with van der Waals surface area (Å²) < 4.78 is 3.47. The number of amides is 1. The number of rotatable bonds is 8. The third kappa shape index (κ3) is 8.31. The second-order valence-electron chi connectivity index (χ2n) is 5.30. The lowest BCUT2D eigenvalue weighted by molar-refractivity contribution is -0.122. The summed E-state index contributed by atoms with van der Waals surface area (Å²) in [7, 11) is 1.55.